The molecule has 0 saturated heterocycles. The number of anilines is 1. The lowest BCUT2D eigenvalue weighted by atomic mass is 9.85. The van der Waals surface area contributed by atoms with Crippen molar-refractivity contribution in [3.8, 4) is 0 Å². The van der Waals surface area contributed by atoms with Crippen molar-refractivity contribution >= 4 is 11.6 Å². The first-order chi connectivity index (χ1) is 7.98. The lowest BCUT2D eigenvalue weighted by molar-refractivity contribution is -0.137. The molecular weight excluding hydrogens is 231 g/mol. The van der Waals surface area contributed by atoms with E-state index in [4.69, 9.17) is 0 Å². The van der Waals surface area contributed by atoms with E-state index in [9.17, 15) is 18.0 Å². The van der Waals surface area contributed by atoms with E-state index in [2.05, 4.69) is 5.32 Å². The number of rotatable bonds is 2. The van der Waals surface area contributed by atoms with Crippen molar-refractivity contribution in [3.05, 3.63) is 29.8 Å². The third-order valence-electron chi connectivity index (χ3n) is 2.97. The molecule has 0 atom stereocenters. The van der Waals surface area contributed by atoms with Crippen LogP contribution in [0.1, 0.15) is 24.8 Å². The Hall–Kier alpha value is -1.52. The molecule has 2 nitrogen and oxygen atoms in total. The number of hydrogen-bond donors (Lipinski definition) is 1. The number of carbonyl (C=O) groups excluding carboxylic acids is 1. The molecule has 0 aliphatic heterocycles. The summed E-state index contributed by atoms with van der Waals surface area (Å²) in [4.78, 5) is 11.6. The Bertz CT molecular complexity index is 424. The van der Waals surface area contributed by atoms with E-state index in [0.29, 0.717) is 0 Å². The molecule has 0 bridgehead atoms. The second-order valence-corrected chi connectivity index (χ2v) is 4.16. The van der Waals surface area contributed by atoms with Crippen LogP contribution in [-0.2, 0) is 11.0 Å². The van der Waals surface area contributed by atoms with Crippen LogP contribution in [0.2, 0.25) is 0 Å². The number of para-hydroxylation sites is 1. The summed E-state index contributed by atoms with van der Waals surface area (Å²) < 4.78 is 37.9. The van der Waals surface area contributed by atoms with Gasteiger partial charge in [0.05, 0.1) is 11.3 Å². The summed E-state index contributed by atoms with van der Waals surface area (Å²) in [6, 6.07) is 5.03. The molecule has 5 heteroatoms. The number of alkyl halides is 3. The standard InChI is InChI=1S/C12H12F3NO/c13-12(14,15)9-6-1-2-7-10(9)16-11(17)8-4-3-5-8/h1-2,6-8H,3-5H2,(H,16,17). The highest BCUT2D eigenvalue weighted by atomic mass is 19.4. The first kappa shape index (κ1) is 12.0. The maximum Gasteiger partial charge on any atom is 0.418 e. The van der Waals surface area contributed by atoms with Crippen molar-refractivity contribution in [2.24, 2.45) is 5.92 Å². The predicted molar refractivity (Wildman–Crippen MR) is 57.4 cm³/mol. The molecule has 0 unspecified atom stereocenters. The normalized spacial score (nSPS) is 16.4. The van der Waals surface area contributed by atoms with Crippen molar-refractivity contribution in [1.29, 1.82) is 0 Å². The summed E-state index contributed by atoms with van der Waals surface area (Å²) in [6.07, 6.45) is -1.94. The van der Waals surface area contributed by atoms with Gasteiger partial charge in [0.2, 0.25) is 5.91 Å². The van der Waals surface area contributed by atoms with Gasteiger partial charge in [-0.2, -0.15) is 13.2 Å². The van der Waals surface area contributed by atoms with Crippen LogP contribution in [0, 0.1) is 5.92 Å². The van der Waals surface area contributed by atoms with Gasteiger partial charge in [0.15, 0.2) is 0 Å². The van der Waals surface area contributed by atoms with E-state index >= 15 is 0 Å². The Kier molecular flexibility index (Phi) is 3.09. The first-order valence-electron chi connectivity index (χ1n) is 5.45. The molecule has 2 rings (SSSR count). The van der Waals surface area contributed by atoms with E-state index < -0.39 is 11.7 Å². The highest BCUT2D eigenvalue weighted by Crippen LogP contribution is 2.35. The number of carbonyl (C=O) groups is 1. The quantitative estimate of drug-likeness (QED) is 0.846. The second-order valence-electron chi connectivity index (χ2n) is 4.16. The lowest BCUT2D eigenvalue weighted by Gasteiger charge is -2.24. The Morgan fingerprint density at radius 3 is 2.41 bits per heavy atom. The van der Waals surface area contributed by atoms with Crippen LogP contribution in [0.3, 0.4) is 0 Å². The fourth-order valence-corrected chi connectivity index (χ4v) is 1.74. The zero-order valence-corrected chi connectivity index (χ0v) is 9.05. The Balaban J connectivity index is 2.17. The molecule has 0 aromatic heterocycles. The van der Waals surface area contributed by atoms with Crippen LogP contribution >= 0.6 is 0 Å². The minimum absolute atomic E-state index is 0.128. The van der Waals surface area contributed by atoms with Crippen molar-refractivity contribution < 1.29 is 18.0 Å². The van der Waals surface area contributed by atoms with Crippen LogP contribution in [0.5, 0.6) is 0 Å². The largest absolute Gasteiger partial charge is 0.418 e. The van der Waals surface area contributed by atoms with Gasteiger partial charge in [0.1, 0.15) is 0 Å². The molecule has 0 heterocycles. The van der Waals surface area contributed by atoms with Gasteiger partial charge in [0, 0.05) is 5.92 Å². The molecule has 1 aromatic carbocycles. The van der Waals surface area contributed by atoms with Crippen LogP contribution in [0.25, 0.3) is 0 Å². The van der Waals surface area contributed by atoms with Gasteiger partial charge in [0.25, 0.3) is 0 Å². The van der Waals surface area contributed by atoms with Crippen molar-refractivity contribution in [1.82, 2.24) is 0 Å². The van der Waals surface area contributed by atoms with Gasteiger partial charge in [-0.1, -0.05) is 18.6 Å². The summed E-state index contributed by atoms with van der Waals surface area (Å²) in [7, 11) is 0. The van der Waals surface area contributed by atoms with Gasteiger partial charge in [-0.15, -0.1) is 0 Å². The summed E-state index contributed by atoms with van der Waals surface area (Å²) in [5.41, 5.74) is -0.954. The van der Waals surface area contributed by atoms with Gasteiger partial charge in [-0.3, -0.25) is 4.79 Å². The first-order valence-corrected chi connectivity index (χ1v) is 5.45. The van der Waals surface area contributed by atoms with E-state index in [1.54, 1.807) is 0 Å². The SMILES string of the molecule is O=C(Nc1ccccc1C(F)(F)F)C1CCC1. The zero-order valence-electron chi connectivity index (χ0n) is 9.05. The summed E-state index contributed by atoms with van der Waals surface area (Å²) in [5, 5.41) is 2.36. The van der Waals surface area contributed by atoms with Crippen molar-refractivity contribution in [2.75, 3.05) is 5.32 Å². The molecule has 92 valence electrons. The maximum absolute atomic E-state index is 12.6. The molecule has 1 aromatic rings. The Morgan fingerprint density at radius 2 is 1.88 bits per heavy atom. The smallest absolute Gasteiger partial charge is 0.325 e. The van der Waals surface area contributed by atoms with E-state index in [-0.39, 0.29) is 17.5 Å². The monoisotopic (exact) mass is 243 g/mol. The topological polar surface area (TPSA) is 29.1 Å². The number of halogens is 3. The minimum atomic E-state index is -4.44. The number of amides is 1. The molecular formula is C12H12F3NO. The van der Waals surface area contributed by atoms with Gasteiger partial charge < -0.3 is 5.32 Å². The Morgan fingerprint density at radius 1 is 1.24 bits per heavy atom. The summed E-state index contributed by atoms with van der Waals surface area (Å²) >= 11 is 0. The molecule has 1 aliphatic rings. The van der Waals surface area contributed by atoms with Crippen LogP contribution in [0.4, 0.5) is 18.9 Å². The lowest BCUT2D eigenvalue weighted by Crippen LogP contribution is -2.29. The van der Waals surface area contributed by atoms with E-state index in [0.717, 1.165) is 25.3 Å². The van der Waals surface area contributed by atoms with Crippen LogP contribution < -0.4 is 5.32 Å². The molecule has 1 amide bonds. The molecule has 1 fully saturated rings. The molecule has 0 radical (unpaired) electrons. The molecule has 17 heavy (non-hydrogen) atoms. The van der Waals surface area contributed by atoms with Crippen molar-refractivity contribution in [2.45, 2.75) is 25.4 Å². The van der Waals surface area contributed by atoms with Gasteiger partial charge >= 0.3 is 6.18 Å². The third kappa shape index (κ3) is 2.60. The number of hydrogen-bond acceptors (Lipinski definition) is 1. The second kappa shape index (κ2) is 4.39. The molecule has 1 N–H and O–H groups in total. The van der Waals surface area contributed by atoms with Gasteiger partial charge in [-0.25, -0.2) is 0 Å². The van der Waals surface area contributed by atoms with Crippen LogP contribution in [0.15, 0.2) is 24.3 Å². The van der Waals surface area contributed by atoms with E-state index in [1.165, 1.54) is 18.2 Å². The highest BCUT2D eigenvalue weighted by Gasteiger charge is 2.34. The number of benzene rings is 1. The summed E-state index contributed by atoms with van der Waals surface area (Å²) in [5.74, 6) is -0.441. The fraction of sp³-hybridized carbons (Fsp3) is 0.417. The van der Waals surface area contributed by atoms with E-state index in [1.807, 2.05) is 0 Å². The third-order valence-corrected chi connectivity index (χ3v) is 2.97. The highest BCUT2D eigenvalue weighted by molar-refractivity contribution is 5.93. The molecule has 1 saturated carbocycles. The zero-order chi connectivity index (χ0) is 12.5. The fourth-order valence-electron chi connectivity index (χ4n) is 1.74. The predicted octanol–water partition coefficient (Wildman–Crippen LogP) is 3.44. The average molecular weight is 243 g/mol. The molecule has 1 aliphatic carbocycles. The number of nitrogens with one attached hydrogen (secondary N) is 1. The average Bonchev–Trinajstić information content (AvgIpc) is 2.13. The minimum Gasteiger partial charge on any atom is -0.325 e. The van der Waals surface area contributed by atoms with Crippen LogP contribution in [-0.4, -0.2) is 5.91 Å². The molecule has 0 spiro atoms. The summed E-state index contributed by atoms with van der Waals surface area (Å²) in [6.45, 7) is 0. The Labute approximate surface area is 96.8 Å². The van der Waals surface area contributed by atoms with Crippen molar-refractivity contribution in [3.63, 3.8) is 0 Å². The van der Waals surface area contributed by atoms with Gasteiger partial charge in [-0.05, 0) is 25.0 Å². The maximum atomic E-state index is 12.6.